The number of aromatic carboxylic acids is 1. The van der Waals surface area contributed by atoms with Gasteiger partial charge in [-0.25, -0.2) is 19.0 Å². The Morgan fingerprint density at radius 2 is 2.19 bits per heavy atom. The molecule has 0 unspecified atom stereocenters. The normalized spacial score (nSPS) is 10.2. The predicted octanol–water partition coefficient (Wildman–Crippen LogP) is 2.61. The molecule has 0 aliphatic carbocycles. The van der Waals surface area contributed by atoms with Crippen LogP contribution in [0.4, 0.5) is 14.9 Å². The minimum atomic E-state index is -1.25. The summed E-state index contributed by atoms with van der Waals surface area (Å²) in [6.07, 6.45) is 1.69. The van der Waals surface area contributed by atoms with E-state index in [1.54, 1.807) is 6.20 Å². The largest absolute Gasteiger partial charge is 0.478 e. The zero-order valence-electron chi connectivity index (χ0n) is 11.0. The zero-order valence-corrected chi connectivity index (χ0v) is 11.8. The Bertz CT molecular complexity index is 687. The summed E-state index contributed by atoms with van der Waals surface area (Å²) in [6.45, 7) is 2.11. The van der Waals surface area contributed by atoms with Crippen LogP contribution in [0.2, 0.25) is 0 Å². The quantitative estimate of drug-likeness (QED) is 0.809. The number of halogens is 1. The molecule has 0 radical (unpaired) electrons. The third kappa shape index (κ3) is 3.99. The number of anilines is 1. The van der Waals surface area contributed by atoms with Gasteiger partial charge in [0.05, 0.1) is 17.8 Å². The lowest BCUT2D eigenvalue weighted by atomic mass is 10.2. The SMILES string of the molecule is Cc1cnc(CNC(=O)Nc2cc(F)ccc2C(=O)O)s1. The van der Waals surface area contributed by atoms with Crippen LogP contribution in [0.25, 0.3) is 0 Å². The molecule has 8 heteroatoms. The third-order valence-electron chi connectivity index (χ3n) is 2.53. The van der Waals surface area contributed by atoms with E-state index in [9.17, 15) is 14.0 Å². The van der Waals surface area contributed by atoms with Gasteiger partial charge >= 0.3 is 12.0 Å². The van der Waals surface area contributed by atoms with Crippen LogP contribution < -0.4 is 10.6 Å². The average Bonchev–Trinajstić information content (AvgIpc) is 2.82. The van der Waals surface area contributed by atoms with Crippen LogP contribution in [0.5, 0.6) is 0 Å². The lowest BCUT2D eigenvalue weighted by Crippen LogP contribution is -2.28. The van der Waals surface area contributed by atoms with Crippen LogP contribution in [0.1, 0.15) is 20.2 Å². The van der Waals surface area contributed by atoms with Gasteiger partial charge in [-0.1, -0.05) is 0 Å². The van der Waals surface area contributed by atoms with Crippen molar-refractivity contribution in [3.8, 4) is 0 Å². The number of nitrogens with one attached hydrogen (secondary N) is 2. The van der Waals surface area contributed by atoms with Crippen LogP contribution in [-0.2, 0) is 6.54 Å². The molecule has 0 atom stereocenters. The minimum Gasteiger partial charge on any atom is -0.478 e. The Hall–Kier alpha value is -2.48. The Morgan fingerprint density at radius 1 is 1.43 bits per heavy atom. The van der Waals surface area contributed by atoms with E-state index >= 15 is 0 Å². The summed E-state index contributed by atoms with van der Waals surface area (Å²) >= 11 is 1.44. The van der Waals surface area contributed by atoms with Crippen molar-refractivity contribution < 1.29 is 19.1 Å². The van der Waals surface area contributed by atoms with Gasteiger partial charge in [0.25, 0.3) is 0 Å². The number of rotatable bonds is 4. The third-order valence-corrected chi connectivity index (χ3v) is 3.44. The molecular formula is C13H12FN3O3S. The number of thiazole rings is 1. The number of amides is 2. The van der Waals surface area contributed by atoms with Crippen molar-refractivity contribution in [2.75, 3.05) is 5.32 Å². The fourth-order valence-corrected chi connectivity index (χ4v) is 2.34. The molecule has 0 spiro atoms. The molecule has 110 valence electrons. The molecule has 1 aromatic heterocycles. The number of urea groups is 1. The number of hydrogen-bond donors (Lipinski definition) is 3. The second-order valence-electron chi connectivity index (χ2n) is 4.17. The van der Waals surface area contributed by atoms with Gasteiger partial charge in [-0.05, 0) is 25.1 Å². The molecule has 0 bridgehead atoms. The molecule has 0 aliphatic rings. The smallest absolute Gasteiger partial charge is 0.337 e. The molecule has 2 amide bonds. The molecule has 0 saturated heterocycles. The highest BCUT2D eigenvalue weighted by Crippen LogP contribution is 2.17. The van der Waals surface area contributed by atoms with Crippen molar-refractivity contribution >= 4 is 29.0 Å². The van der Waals surface area contributed by atoms with Gasteiger partial charge in [0.1, 0.15) is 10.8 Å². The van der Waals surface area contributed by atoms with Gasteiger partial charge < -0.3 is 15.7 Å². The Balaban J connectivity index is 2.02. The van der Waals surface area contributed by atoms with Crippen molar-refractivity contribution in [1.29, 1.82) is 0 Å². The van der Waals surface area contributed by atoms with Crippen molar-refractivity contribution in [1.82, 2.24) is 10.3 Å². The van der Waals surface area contributed by atoms with E-state index in [0.29, 0.717) is 0 Å². The summed E-state index contributed by atoms with van der Waals surface area (Å²) in [7, 11) is 0. The molecule has 2 rings (SSSR count). The molecule has 21 heavy (non-hydrogen) atoms. The first-order chi connectivity index (χ1) is 9.95. The highest BCUT2D eigenvalue weighted by atomic mass is 32.1. The van der Waals surface area contributed by atoms with E-state index in [4.69, 9.17) is 5.11 Å². The number of benzene rings is 1. The Morgan fingerprint density at radius 3 is 2.81 bits per heavy atom. The predicted molar refractivity (Wildman–Crippen MR) is 76.1 cm³/mol. The maximum atomic E-state index is 13.1. The van der Waals surface area contributed by atoms with E-state index < -0.39 is 17.8 Å². The minimum absolute atomic E-state index is 0.102. The van der Waals surface area contributed by atoms with Gasteiger partial charge in [0, 0.05) is 11.1 Å². The molecule has 2 aromatic rings. The maximum Gasteiger partial charge on any atom is 0.337 e. The molecule has 1 heterocycles. The first-order valence-corrected chi connectivity index (χ1v) is 6.76. The number of aromatic nitrogens is 1. The highest BCUT2D eigenvalue weighted by Gasteiger charge is 2.13. The van der Waals surface area contributed by atoms with Crippen molar-refractivity contribution in [3.05, 3.63) is 45.7 Å². The summed E-state index contributed by atoms with van der Waals surface area (Å²) in [5, 5.41) is 14.5. The second kappa shape index (κ2) is 6.31. The average molecular weight is 309 g/mol. The monoisotopic (exact) mass is 309 g/mol. The lowest BCUT2D eigenvalue weighted by Gasteiger charge is -2.09. The van der Waals surface area contributed by atoms with Crippen LogP contribution in [0.15, 0.2) is 24.4 Å². The molecule has 0 fully saturated rings. The second-order valence-corrected chi connectivity index (χ2v) is 5.49. The van der Waals surface area contributed by atoms with Crippen LogP contribution >= 0.6 is 11.3 Å². The van der Waals surface area contributed by atoms with E-state index in [1.807, 2.05) is 6.92 Å². The van der Waals surface area contributed by atoms with Gasteiger partial charge in [-0.2, -0.15) is 0 Å². The lowest BCUT2D eigenvalue weighted by molar-refractivity contribution is 0.0698. The Kier molecular flexibility index (Phi) is 4.49. The van der Waals surface area contributed by atoms with Crippen LogP contribution in [0.3, 0.4) is 0 Å². The molecule has 3 N–H and O–H groups in total. The van der Waals surface area contributed by atoms with Crippen molar-refractivity contribution in [2.45, 2.75) is 13.5 Å². The van der Waals surface area contributed by atoms with Crippen LogP contribution in [0, 0.1) is 12.7 Å². The fourth-order valence-electron chi connectivity index (χ4n) is 1.61. The van der Waals surface area contributed by atoms with Gasteiger partial charge in [0.15, 0.2) is 0 Å². The fraction of sp³-hybridized carbons (Fsp3) is 0.154. The summed E-state index contributed by atoms with van der Waals surface area (Å²) in [4.78, 5) is 27.8. The first-order valence-electron chi connectivity index (χ1n) is 5.94. The van der Waals surface area contributed by atoms with Crippen molar-refractivity contribution in [3.63, 3.8) is 0 Å². The summed E-state index contributed by atoms with van der Waals surface area (Å²) < 4.78 is 13.1. The number of hydrogen-bond acceptors (Lipinski definition) is 4. The number of carbonyl (C=O) groups excluding carboxylic acids is 1. The molecule has 0 aliphatic heterocycles. The zero-order chi connectivity index (χ0) is 15.4. The van der Waals surface area contributed by atoms with E-state index in [0.717, 1.165) is 28.1 Å². The Labute approximate surface area is 123 Å². The van der Waals surface area contributed by atoms with E-state index in [1.165, 1.54) is 11.3 Å². The topological polar surface area (TPSA) is 91.3 Å². The summed E-state index contributed by atoms with van der Waals surface area (Å²) in [5.41, 5.74) is -0.285. The van der Waals surface area contributed by atoms with Gasteiger partial charge in [-0.3, -0.25) is 0 Å². The molecule has 0 saturated carbocycles. The van der Waals surface area contributed by atoms with E-state index in [-0.39, 0.29) is 17.8 Å². The number of nitrogens with zero attached hydrogens (tertiary/aromatic N) is 1. The molecular weight excluding hydrogens is 297 g/mol. The van der Waals surface area contributed by atoms with Crippen LogP contribution in [-0.4, -0.2) is 22.1 Å². The number of aryl methyl sites for hydroxylation is 1. The van der Waals surface area contributed by atoms with Crippen molar-refractivity contribution in [2.24, 2.45) is 0 Å². The van der Waals surface area contributed by atoms with Gasteiger partial charge in [0.2, 0.25) is 0 Å². The van der Waals surface area contributed by atoms with E-state index in [2.05, 4.69) is 15.6 Å². The summed E-state index contributed by atoms with van der Waals surface area (Å²) in [5.74, 6) is -1.88. The summed E-state index contributed by atoms with van der Waals surface area (Å²) in [6, 6.07) is 2.44. The van der Waals surface area contributed by atoms with Gasteiger partial charge in [-0.15, -0.1) is 11.3 Å². The maximum absolute atomic E-state index is 13.1. The standard InChI is InChI=1S/C13H12FN3O3S/c1-7-5-15-11(21-7)6-16-13(20)17-10-4-8(14)2-3-9(10)12(18)19/h2-5H,6H2,1H3,(H,18,19)(H2,16,17,20). The number of carboxylic acids is 1. The number of carboxylic acid groups (broad SMARTS) is 1. The molecule has 1 aromatic carbocycles. The molecule has 6 nitrogen and oxygen atoms in total. The highest BCUT2D eigenvalue weighted by molar-refractivity contribution is 7.11. The number of carbonyl (C=O) groups is 2. The first kappa shape index (κ1) is 14.9.